The van der Waals surface area contributed by atoms with Gasteiger partial charge in [0.05, 0.1) is 12.1 Å². The SMILES string of the molecule is [N-]=[N+]=NC1CN(C[C@H]2CCCO2)C1. The Morgan fingerprint density at radius 2 is 2.38 bits per heavy atom. The Bertz CT molecular complexity index is 214. The molecular weight excluding hydrogens is 168 g/mol. The van der Waals surface area contributed by atoms with Gasteiger partial charge in [-0.3, -0.25) is 4.90 Å². The van der Waals surface area contributed by atoms with Gasteiger partial charge >= 0.3 is 0 Å². The topological polar surface area (TPSA) is 61.2 Å². The van der Waals surface area contributed by atoms with Gasteiger partial charge in [0.1, 0.15) is 0 Å². The number of azide groups is 1. The van der Waals surface area contributed by atoms with Crippen LogP contribution in [0, 0.1) is 0 Å². The number of ether oxygens (including phenoxy) is 1. The van der Waals surface area contributed by atoms with E-state index in [1.54, 1.807) is 0 Å². The number of hydrogen-bond donors (Lipinski definition) is 0. The van der Waals surface area contributed by atoms with Gasteiger partial charge < -0.3 is 4.74 Å². The van der Waals surface area contributed by atoms with Gasteiger partial charge in [-0.15, -0.1) is 0 Å². The molecule has 2 heterocycles. The first kappa shape index (κ1) is 8.81. The quantitative estimate of drug-likeness (QED) is 0.373. The summed E-state index contributed by atoms with van der Waals surface area (Å²) in [6.07, 6.45) is 2.80. The molecule has 72 valence electrons. The van der Waals surface area contributed by atoms with Gasteiger partial charge in [0.2, 0.25) is 0 Å². The van der Waals surface area contributed by atoms with E-state index < -0.39 is 0 Å². The molecule has 2 rings (SSSR count). The molecule has 0 amide bonds. The third kappa shape index (κ3) is 2.12. The van der Waals surface area contributed by atoms with Crippen LogP contribution in [0.3, 0.4) is 0 Å². The summed E-state index contributed by atoms with van der Waals surface area (Å²) in [4.78, 5) is 5.08. The zero-order valence-electron chi connectivity index (χ0n) is 7.59. The van der Waals surface area contributed by atoms with Crippen molar-refractivity contribution in [3.8, 4) is 0 Å². The molecule has 1 atom stereocenters. The van der Waals surface area contributed by atoms with Crippen LogP contribution in [0.2, 0.25) is 0 Å². The Labute approximate surface area is 77.3 Å². The van der Waals surface area contributed by atoms with Gasteiger partial charge in [-0.2, -0.15) is 0 Å². The summed E-state index contributed by atoms with van der Waals surface area (Å²) in [6, 6.07) is 0.200. The van der Waals surface area contributed by atoms with E-state index in [0.29, 0.717) is 6.10 Å². The highest BCUT2D eigenvalue weighted by Crippen LogP contribution is 2.18. The molecule has 0 aromatic carbocycles. The fourth-order valence-corrected chi connectivity index (χ4v) is 1.91. The van der Waals surface area contributed by atoms with Crippen molar-refractivity contribution in [1.29, 1.82) is 0 Å². The lowest BCUT2D eigenvalue weighted by Gasteiger charge is -2.37. The molecule has 0 radical (unpaired) electrons. The molecule has 5 heteroatoms. The molecule has 0 unspecified atom stereocenters. The summed E-state index contributed by atoms with van der Waals surface area (Å²) in [5, 5.41) is 3.65. The molecule has 0 aromatic rings. The summed E-state index contributed by atoms with van der Waals surface area (Å²) < 4.78 is 5.51. The first-order chi connectivity index (χ1) is 6.38. The monoisotopic (exact) mass is 182 g/mol. The minimum Gasteiger partial charge on any atom is -0.377 e. The summed E-state index contributed by atoms with van der Waals surface area (Å²) >= 11 is 0. The molecule has 2 aliphatic rings. The van der Waals surface area contributed by atoms with E-state index >= 15 is 0 Å². The number of nitrogens with zero attached hydrogens (tertiary/aromatic N) is 4. The molecule has 0 spiro atoms. The van der Waals surface area contributed by atoms with E-state index in [1.165, 1.54) is 12.8 Å². The second-order valence-corrected chi connectivity index (χ2v) is 3.71. The van der Waals surface area contributed by atoms with Gasteiger partial charge in [-0.25, -0.2) is 0 Å². The largest absolute Gasteiger partial charge is 0.377 e. The van der Waals surface area contributed by atoms with Crippen molar-refractivity contribution in [1.82, 2.24) is 4.90 Å². The first-order valence-corrected chi connectivity index (χ1v) is 4.76. The lowest BCUT2D eigenvalue weighted by atomic mass is 10.1. The van der Waals surface area contributed by atoms with Gasteiger partial charge in [-0.1, -0.05) is 5.11 Å². The van der Waals surface area contributed by atoms with Crippen molar-refractivity contribution in [2.45, 2.75) is 25.0 Å². The average molecular weight is 182 g/mol. The molecule has 2 saturated heterocycles. The van der Waals surface area contributed by atoms with E-state index in [1.807, 2.05) is 0 Å². The van der Waals surface area contributed by atoms with Crippen molar-refractivity contribution in [3.05, 3.63) is 10.4 Å². The number of likely N-dealkylation sites (tertiary alicyclic amines) is 1. The summed E-state index contributed by atoms with van der Waals surface area (Å²) in [7, 11) is 0. The highest BCUT2D eigenvalue weighted by Gasteiger charge is 2.28. The van der Waals surface area contributed by atoms with E-state index in [4.69, 9.17) is 10.3 Å². The van der Waals surface area contributed by atoms with Crippen LogP contribution in [0.1, 0.15) is 12.8 Å². The van der Waals surface area contributed by atoms with Crippen molar-refractivity contribution in [2.24, 2.45) is 5.11 Å². The third-order valence-corrected chi connectivity index (χ3v) is 2.64. The maximum absolute atomic E-state index is 8.19. The second-order valence-electron chi connectivity index (χ2n) is 3.71. The van der Waals surface area contributed by atoms with Crippen LogP contribution in [0.4, 0.5) is 0 Å². The van der Waals surface area contributed by atoms with E-state index in [9.17, 15) is 0 Å². The fourth-order valence-electron chi connectivity index (χ4n) is 1.91. The molecule has 2 aliphatic heterocycles. The first-order valence-electron chi connectivity index (χ1n) is 4.76. The van der Waals surface area contributed by atoms with Crippen molar-refractivity contribution < 1.29 is 4.74 Å². The normalized spacial score (nSPS) is 29.7. The van der Waals surface area contributed by atoms with Crippen LogP contribution in [0.15, 0.2) is 5.11 Å². The van der Waals surface area contributed by atoms with Gasteiger partial charge in [0, 0.05) is 31.2 Å². The second kappa shape index (κ2) is 3.96. The van der Waals surface area contributed by atoms with Crippen molar-refractivity contribution in [3.63, 3.8) is 0 Å². The highest BCUT2D eigenvalue weighted by molar-refractivity contribution is 4.87. The maximum Gasteiger partial charge on any atom is 0.0702 e. The van der Waals surface area contributed by atoms with Crippen LogP contribution in [0.5, 0.6) is 0 Å². The zero-order chi connectivity index (χ0) is 9.10. The third-order valence-electron chi connectivity index (χ3n) is 2.64. The van der Waals surface area contributed by atoms with Crippen LogP contribution in [-0.4, -0.2) is 43.3 Å². The van der Waals surface area contributed by atoms with Crippen molar-refractivity contribution >= 4 is 0 Å². The van der Waals surface area contributed by atoms with E-state index in [2.05, 4.69) is 14.9 Å². The van der Waals surface area contributed by atoms with Crippen LogP contribution in [0.25, 0.3) is 10.4 Å². The predicted molar refractivity (Wildman–Crippen MR) is 48.3 cm³/mol. The van der Waals surface area contributed by atoms with E-state index in [-0.39, 0.29) is 6.04 Å². The number of hydrogen-bond acceptors (Lipinski definition) is 3. The van der Waals surface area contributed by atoms with Crippen LogP contribution in [-0.2, 0) is 4.74 Å². The Kier molecular flexibility index (Phi) is 2.68. The summed E-state index contributed by atoms with van der Waals surface area (Å²) in [5.74, 6) is 0. The Hall–Kier alpha value is -0.770. The molecule has 13 heavy (non-hydrogen) atoms. The molecule has 0 saturated carbocycles. The Morgan fingerprint density at radius 3 is 3.00 bits per heavy atom. The Morgan fingerprint density at radius 1 is 1.54 bits per heavy atom. The molecule has 0 bridgehead atoms. The summed E-state index contributed by atoms with van der Waals surface area (Å²) in [5.41, 5.74) is 8.19. The number of rotatable bonds is 3. The molecule has 0 N–H and O–H groups in total. The lowest BCUT2D eigenvalue weighted by molar-refractivity contribution is 0.0434. The maximum atomic E-state index is 8.19. The standard InChI is InChI=1S/C8H14N4O/c9-11-10-7-4-12(5-7)6-8-2-1-3-13-8/h7-8H,1-6H2/t8-/m1/s1. The minimum atomic E-state index is 0.200. The molecule has 0 aliphatic carbocycles. The molecule has 0 aromatic heterocycles. The van der Waals surface area contributed by atoms with Crippen molar-refractivity contribution in [2.75, 3.05) is 26.2 Å². The smallest absolute Gasteiger partial charge is 0.0702 e. The minimum absolute atomic E-state index is 0.200. The molecular formula is C8H14N4O. The average Bonchev–Trinajstić information content (AvgIpc) is 2.53. The fraction of sp³-hybridized carbons (Fsp3) is 1.00. The van der Waals surface area contributed by atoms with E-state index in [0.717, 1.165) is 26.2 Å². The summed E-state index contributed by atoms with van der Waals surface area (Å²) in [6.45, 7) is 3.74. The van der Waals surface area contributed by atoms with Crippen LogP contribution >= 0.6 is 0 Å². The molecule has 5 nitrogen and oxygen atoms in total. The Balaban J connectivity index is 1.66. The lowest BCUT2D eigenvalue weighted by Crippen LogP contribution is -2.52. The van der Waals surface area contributed by atoms with Gasteiger partial charge in [0.15, 0.2) is 0 Å². The van der Waals surface area contributed by atoms with Gasteiger partial charge in [-0.05, 0) is 18.4 Å². The highest BCUT2D eigenvalue weighted by atomic mass is 16.5. The molecule has 2 fully saturated rings. The predicted octanol–water partition coefficient (Wildman–Crippen LogP) is 1.16. The van der Waals surface area contributed by atoms with Gasteiger partial charge in [0.25, 0.3) is 0 Å². The zero-order valence-corrected chi connectivity index (χ0v) is 7.59. The van der Waals surface area contributed by atoms with Crippen LogP contribution < -0.4 is 0 Å².